The topological polar surface area (TPSA) is 93.9 Å². The van der Waals surface area contributed by atoms with Gasteiger partial charge >= 0.3 is 0 Å². The molecule has 1 amide bonds. The summed E-state index contributed by atoms with van der Waals surface area (Å²) in [6, 6.07) is 20.2. The standard InChI is InChI=1S/C21H18N6O/c22-14-15-6-8-17(9-7-15)25-21-24-11-10-18(26-21)27-13-12-23-20(28)19(27)16-4-2-1-3-5-16/h1-11,19H,12-13H2,(H,23,28)(H,24,25,26). The molecule has 2 N–H and O–H groups in total. The molecule has 1 fully saturated rings. The number of anilines is 3. The molecule has 1 atom stereocenters. The van der Waals surface area contributed by atoms with Crippen molar-refractivity contribution in [2.45, 2.75) is 6.04 Å². The van der Waals surface area contributed by atoms with Crippen molar-refractivity contribution in [1.29, 1.82) is 5.26 Å². The zero-order valence-corrected chi connectivity index (χ0v) is 15.0. The molecule has 0 radical (unpaired) electrons. The summed E-state index contributed by atoms with van der Waals surface area (Å²) in [6.07, 6.45) is 1.67. The van der Waals surface area contributed by atoms with E-state index >= 15 is 0 Å². The molecule has 0 spiro atoms. The predicted octanol–water partition coefficient (Wildman–Crippen LogP) is 2.77. The average molecular weight is 370 g/mol. The van der Waals surface area contributed by atoms with Crippen molar-refractivity contribution in [3.63, 3.8) is 0 Å². The molecule has 2 heterocycles. The van der Waals surface area contributed by atoms with Crippen LogP contribution in [-0.4, -0.2) is 29.0 Å². The monoisotopic (exact) mass is 370 g/mol. The average Bonchev–Trinajstić information content (AvgIpc) is 2.75. The number of nitrogens with zero attached hydrogens (tertiary/aromatic N) is 4. The van der Waals surface area contributed by atoms with E-state index in [0.717, 1.165) is 11.3 Å². The second-order valence-corrected chi connectivity index (χ2v) is 6.35. The fourth-order valence-electron chi connectivity index (χ4n) is 3.21. The molecule has 138 valence electrons. The lowest BCUT2D eigenvalue weighted by Gasteiger charge is -2.36. The van der Waals surface area contributed by atoms with E-state index in [-0.39, 0.29) is 5.91 Å². The van der Waals surface area contributed by atoms with Gasteiger partial charge in [-0.2, -0.15) is 10.2 Å². The lowest BCUT2D eigenvalue weighted by molar-refractivity contribution is -0.123. The Bertz CT molecular complexity index is 1010. The number of aromatic nitrogens is 2. The number of hydrogen-bond donors (Lipinski definition) is 2. The third-order valence-electron chi connectivity index (χ3n) is 4.53. The Balaban J connectivity index is 1.61. The third kappa shape index (κ3) is 3.62. The van der Waals surface area contributed by atoms with Crippen molar-refractivity contribution in [3.8, 4) is 6.07 Å². The van der Waals surface area contributed by atoms with Crippen LogP contribution in [0.5, 0.6) is 0 Å². The van der Waals surface area contributed by atoms with E-state index in [1.807, 2.05) is 35.2 Å². The zero-order chi connectivity index (χ0) is 19.3. The van der Waals surface area contributed by atoms with Gasteiger partial charge in [-0.15, -0.1) is 0 Å². The van der Waals surface area contributed by atoms with E-state index in [2.05, 4.69) is 26.7 Å². The molecule has 1 aromatic heterocycles. The number of carbonyl (C=O) groups is 1. The van der Waals surface area contributed by atoms with E-state index in [4.69, 9.17) is 5.26 Å². The summed E-state index contributed by atoms with van der Waals surface area (Å²) in [7, 11) is 0. The van der Waals surface area contributed by atoms with Gasteiger partial charge in [0.2, 0.25) is 11.9 Å². The van der Waals surface area contributed by atoms with Crippen LogP contribution < -0.4 is 15.5 Å². The van der Waals surface area contributed by atoms with E-state index in [1.54, 1.807) is 36.5 Å². The maximum absolute atomic E-state index is 12.6. The number of nitrogens with one attached hydrogen (secondary N) is 2. The lowest BCUT2D eigenvalue weighted by atomic mass is 10.0. The number of piperazine rings is 1. The highest BCUT2D eigenvalue weighted by molar-refractivity contribution is 5.87. The van der Waals surface area contributed by atoms with Crippen molar-refractivity contribution in [1.82, 2.24) is 15.3 Å². The van der Waals surface area contributed by atoms with Crippen molar-refractivity contribution < 1.29 is 4.79 Å². The van der Waals surface area contributed by atoms with Crippen molar-refractivity contribution in [2.75, 3.05) is 23.3 Å². The molecule has 3 aromatic rings. The van der Waals surface area contributed by atoms with E-state index in [1.165, 1.54) is 0 Å². The second kappa shape index (κ2) is 7.76. The molecule has 7 heteroatoms. The molecular weight excluding hydrogens is 352 g/mol. The molecule has 1 unspecified atom stereocenters. The minimum Gasteiger partial charge on any atom is -0.352 e. The summed E-state index contributed by atoms with van der Waals surface area (Å²) in [4.78, 5) is 23.4. The quantitative estimate of drug-likeness (QED) is 0.733. The van der Waals surface area contributed by atoms with Crippen LogP contribution in [0.3, 0.4) is 0 Å². The van der Waals surface area contributed by atoms with Crippen LogP contribution in [0.15, 0.2) is 66.9 Å². The Morgan fingerprint density at radius 3 is 2.64 bits per heavy atom. The highest BCUT2D eigenvalue weighted by atomic mass is 16.2. The Labute approximate surface area is 162 Å². The Kier molecular flexibility index (Phi) is 4.85. The molecule has 1 aliphatic heterocycles. The number of benzene rings is 2. The molecule has 1 aliphatic rings. The first-order chi connectivity index (χ1) is 13.7. The fraction of sp³-hybridized carbons (Fsp3) is 0.143. The van der Waals surface area contributed by atoms with Crippen LogP contribution in [0.2, 0.25) is 0 Å². The van der Waals surface area contributed by atoms with Crippen molar-refractivity contribution >= 4 is 23.4 Å². The first kappa shape index (κ1) is 17.5. The minimum atomic E-state index is -0.437. The highest BCUT2D eigenvalue weighted by Crippen LogP contribution is 2.28. The van der Waals surface area contributed by atoms with Gasteiger partial charge in [0.1, 0.15) is 11.9 Å². The van der Waals surface area contributed by atoms with Gasteiger partial charge in [-0.05, 0) is 35.9 Å². The Hall–Kier alpha value is -3.92. The summed E-state index contributed by atoms with van der Waals surface area (Å²) in [5.41, 5.74) is 2.29. The number of amides is 1. The second-order valence-electron chi connectivity index (χ2n) is 6.35. The fourth-order valence-corrected chi connectivity index (χ4v) is 3.21. The molecular formula is C21H18N6O. The van der Waals surface area contributed by atoms with Gasteiger partial charge < -0.3 is 15.5 Å². The largest absolute Gasteiger partial charge is 0.352 e. The number of carbonyl (C=O) groups excluding carboxylic acids is 1. The van der Waals surface area contributed by atoms with Gasteiger partial charge in [0.05, 0.1) is 11.6 Å². The molecule has 4 rings (SSSR count). The maximum atomic E-state index is 12.6. The van der Waals surface area contributed by atoms with E-state index in [9.17, 15) is 4.79 Å². The molecule has 0 saturated carbocycles. The van der Waals surface area contributed by atoms with Gasteiger partial charge in [-0.3, -0.25) is 4.79 Å². The first-order valence-corrected chi connectivity index (χ1v) is 8.94. The molecule has 28 heavy (non-hydrogen) atoms. The summed E-state index contributed by atoms with van der Waals surface area (Å²) < 4.78 is 0. The van der Waals surface area contributed by atoms with Crippen LogP contribution in [0.1, 0.15) is 17.2 Å². The van der Waals surface area contributed by atoms with Crippen molar-refractivity contribution in [3.05, 3.63) is 78.0 Å². The van der Waals surface area contributed by atoms with Gasteiger partial charge in [-0.25, -0.2) is 4.98 Å². The van der Waals surface area contributed by atoms with Crippen LogP contribution >= 0.6 is 0 Å². The first-order valence-electron chi connectivity index (χ1n) is 8.94. The number of nitriles is 1. The SMILES string of the molecule is N#Cc1ccc(Nc2nccc(N3CCNC(=O)C3c3ccccc3)n2)cc1. The summed E-state index contributed by atoms with van der Waals surface area (Å²) in [6.45, 7) is 1.21. The van der Waals surface area contributed by atoms with E-state index in [0.29, 0.717) is 30.4 Å². The molecule has 0 aliphatic carbocycles. The predicted molar refractivity (Wildman–Crippen MR) is 106 cm³/mol. The molecule has 7 nitrogen and oxygen atoms in total. The van der Waals surface area contributed by atoms with Gasteiger partial charge in [0.15, 0.2) is 0 Å². The Morgan fingerprint density at radius 2 is 1.89 bits per heavy atom. The summed E-state index contributed by atoms with van der Waals surface area (Å²) in [5.74, 6) is 1.06. The minimum absolute atomic E-state index is 0.0438. The van der Waals surface area contributed by atoms with Gasteiger partial charge in [-0.1, -0.05) is 30.3 Å². The molecule has 2 aromatic carbocycles. The smallest absolute Gasteiger partial charge is 0.247 e. The summed E-state index contributed by atoms with van der Waals surface area (Å²) >= 11 is 0. The Morgan fingerprint density at radius 1 is 1.11 bits per heavy atom. The van der Waals surface area contributed by atoms with Crippen LogP contribution in [-0.2, 0) is 4.79 Å². The van der Waals surface area contributed by atoms with Crippen LogP contribution in [0.4, 0.5) is 17.5 Å². The van der Waals surface area contributed by atoms with Gasteiger partial charge in [0.25, 0.3) is 0 Å². The number of hydrogen-bond acceptors (Lipinski definition) is 6. The maximum Gasteiger partial charge on any atom is 0.247 e. The van der Waals surface area contributed by atoms with Crippen molar-refractivity contribution in [2.24, 2.45) is 0 Å². The molecule has 1 saturated heterocycles. The summed E-state index contributed by atoms with van der Waals surface area (Å²) in [5, 5.41) is 15.0. The molecule has 0 bridgehead atoms. The van der Waals surface area contributed by atoms with Gasteiger partial charge in [0, 0.05) is 25.0 Å². The number of rotatable bonds is 4. The highest BCUT2D eigenvalue weighted by Gasteiger charge is 2.32. The third-order valence-corrected chi connectivity index (χ3v) is 4.53. The zero-order valence-electron chi connectivity index (χ0n) is 15.0. The lowest BCUT2D eigenvalue weighted by Crippen LogP contribution is -2.50. The van der Waals surface area contributed by atoms with Crippen LogP contribution in [0.25, 0.3) is 0 Å². The van der Waals surface area contributed by atoms with Crippen LogP contribution in [0, 0.1) is 11.3 Å². The normalized spacial score (nSPS) is 16.2. The van der Waals surface area contributed by atoms with E-state index < -0.39 is 6.04 Å².